The molecule has 0 fully saturated rings. The average Bonchev–Trinajstić information content (AvgIpc) is 2.64. The van der Waals surface area contributed by atoms with Gasteiger partial charge in [-0.05, 0) is 46.3 Å². The predicted molar refractivity (Wildman–Crippen MR) is 65.8 cm³/mol. The Morgan fingerprint density at radius 3 is 2.94 bits per heavy atom. The normalized spacial score (nSPS) is 10.7. The summed E-state index contributed by atoms with van der Waals surface area (Å²) in [4.78, 5) is 0. The molecule has 0 bridgehead atoms. The summed E-state index contributed by atoms with van der Waals surface area (Å²) in [5.41, 5.74) is 0.677. The number of H-pyrrole nitrogens is 1. The molecule has 0 aliphatic carbocycles. The third-order valence-corrected chi connectivity index (χ3v) is 3.14. The number of benzene rings is 1. The van der Waals surface area contributed by atoms with E-state index in [9.17, 15) is 4.39 Å². The Bertz CT molecular complexity index is 576. The second kappa shape index (κ2) is 4.47. The van der Waals surface area contributed by atoms with E-state index in [-0.39, 0.29) is 5.82 Å². The number of aromatic nitrogens is 3. The van der Waals surface area contributed by atoms with Crippen LogP contribution in [-0.2, 0) is 6.42 Å². The van der Waals surface area contributed by atoms with Crippen LogP contribution in [0.4, 0.5) is 4.39 Å². The summed E-state index contributed by atoms with van der Waals surface area (Å²) in [6, 6.07) is 4.87. The molecule has 0 aliphatic rings. The molecule has 2 rings (SSSR count). The van der Waals surface area contributed by atoms with Crippen molar-refractivity contribution < 1.29 is 4.39 Å². The summed E-state index contributed by atoms with van der Waals surface area (Å²) >= 11 is 8.22. The first kappa shape index (κ1) is 11.5. The molecule has 0 saturated heterocycles. The van der Waals surface area contributed by atoms with Gasteiger partial charge in [-0.3, -0.25) is 9.67 Å². The topological polar surface area (TPSA) is 33.6 Å². The van der Waals surface area contributed by atoms with Gasteiger partial charge in [0.25, 0.3) is 0 Å². The van der Waals surface area contributed by atoms with Crippen molar-refractivity contribution in [2.24, 2.45) is 0 Å². The zero-order valence-electron chi connectivity index (χ0n) is 8.50. The number of nitrogens with zero attached hydrogens (tertiary/aromatic N) is 2. The number of hydrogen-bond donors (Lipinski definition) is 1. The minimum absolute atomic E-state index is 0.317. The maximum absolute atomic E-state index is 13.4. The molecular formula is C10H9BrFN3S. The van der Waals surface area contributed by atoms with Crippen molar-refractivity contribution >= 4 is 28.1 Å². The highest BCUT2D eigenvalue weighted by Crippen LogP contribution is 2.20. The van der Waals surface area contributed by atoms with Crippen LogP contribution in [0.25, 0.3) is 5.69 Å². The third-order valence-electron chi connectivity index (χ3n) is 2.22. The van der Waals surface area contributed by atoms with E-state index < -0.39 is 0 Å². The molecule has 84 valence electrons. The molecule has 1 heterocycles. The van der Waals surface area contributed by atoms with Crippen LogP contribution in [-0.4, -0.2) is 14.8 Å². The maximum atomic E-state index is 13.4. The summed E-state index contributed by atoms with van der Waals surface area (Å²) in [5, 5.41) is 6.78. The SMILES string of the molecule is CCc1n[nH]c(=S)n1-c1ccc(Br)c(F)c1. The van der Waals surface area contributed by atoms with Crippen LogP contribution in [0.5, 0.6) is 0 Å². The second-order valence-corrected chi connectivity index (χ2v) is 4.47. The van der Waals surface area contributed by atoms with E-state index in [0.717, 1.165) is 12.2 Å². The second-order valence-electron chi connectivity index (χ2n) is 3.23. The van der Waals surface area contributed by atoms with E-state index in [1.807, 2.05) is 6.92 Å². The smallest absolute Gasteiger partial charge is 0.199 e. The molecule has 0 saturated carbocycles. The van der Waals surface area contributed by atoms with Crippen molar-refractivity contribution in [1.29, 1.82) is 0 Å². The lowest BCUT2D eigenvalue weighted by molar-refractivity contribution is 0.619. The van der Waals surface area contributed by atoms with Crippen molar-refractivity contribution in [3.05, 3.63) is 39.1 Å². The van der Waals surface area contributed by atoms with E-state index >= 15 is 0 Å². The summed E-state index contributed by atoms with van der Waals surface area (Å²) in [6.45, 7) is 1.97. The molecule has 0 spiro atoms. The molecule has 0 amide bonds. The van der Waals surface area contributed by atoms with Gasteiger partial charge in [0.2, 0.25) is 0 Å². The van der Waals surface area contributed by atoms with Crippen molar-refractivity contribution in [2.75, 3.05) is 0 Å². The van der Waals surface area contributed by atoms with E-state index in [4.69, 9.17) is 12.2 Å². The first-order valence-corrected chi connectivity index (χ1v) is 5.95. The molecule has 1 aromatic heterocycles. The average molecular weight is 302 g/mol. The zero-order chi connectivity index (χ0) is 11.7. The van der Waals surface area contributed by atoms with Crippen LogP contribution in [0.3, 0.4) is 0 Å². The molecule has 6 heteroatoms. The van der Waals surface area contributed by atoms with Gasteiger partial charge in [-0.15, -0.1) is 0 Å². The zero-order valence-corrected chi connectivity index (χ0v) is 10.9. The van der Waals surface area contributed by atoms with E-state index in [0.29, 0.717) is 14.9 Å². The highest BCUT2D eigenvalue weighted by molar-refractivity contribution is 9.10. The van der Waals surface area contributed by atoms with Crippen LogP contribution in [0, 0.1) is 10.6 Å². The van der Waals surface area contributed by atoms with Gasteiger partial charge in [0.15, 0.2) is 4.77 Å². The number of halogens is 2. The quantitative estimate of drug-likeness (QED) is 0.863. The summed E-state index contributed by atoms with van der Waals surface area (Å²) in [6.07, 6.45) is 0.727. The molecule has 0 aliphatic heterocycles. The first-order chi connectivity index (χ1) is 7.63. The van der Waals surface area contributed by atoms with Gasteiger partial charge >= 0.3 is 0 Å². The standard InChI is InChI=1S/C10H9BrFN3S/c1-2-9-13-14-10(16)15(9)6-3-4-7(11)8(12)5-6/h3-5H,2H2,1H3,(H,14,16). The van der Waals surface area contributed by atoms with Crippen LogP contribution >= 0.6 is 28.1 Å². The van der Waals surface area contributed by atoms with Gasteiger partial charge < -0.3 is 0 Å². The lowest BCUT2D eigenvalue weighted by atomic mass is 10.3. The summed E-state index contributed by atoms with van der Waals surface area (Å²) < 4.78 is 16.0. The highest BCUT2D eigenvalue weighted by atomic mass is 79.9. The molecule has 1 aromatic carbocycles. The van der Waals surface area contributed by atoms with Crippen molar-refractivity contribution in [3.63, 3.8) is 0 Å². The fourth-order valence-electron chi connectivity index (χ4n) is 1.46. The summed E-state index contributed by atoms with van der Waals surface area (Å²) in [5.74, 6) is 0.467. The van der Waals surface area contributed by atoms with Crippen LogP contribution in [0.2, 0.25) is 0 Å². The van der Waals surface area contributed by atoms with Gasteiger partial charge in [0.05, 0.1) is 10.2 Å². The molecule has 1 N–H and O–H groups in total. The minimum atomic E-state index is -0.317. The molecule has 0 radical (unpaired) electrons. The number of hydrogen-bond acceptors (Lipinski definition) is 2. The Morgan fingerprint density at radius 1 is 1.56 bits per heavy atom. The molecule has 16 heavy (non-hydrogen) atoms. The van der Waals surface area contributed by atoms with E-state index in [1.54, 1.807) is 16.7 Å². The number of nitrogens with one attached hydrogen (secondary N) is 1. The lowest BCUT2D eigenvalue weighted by Gasteiger charge is -2.05. The van der Waals surface area contributed by atoms with E-state index in [2.05, 4.69) is 26.1 Å². The highest BCUT2D eigenvalue weighted by Gasteiger charge is 2.08. The first-order valence-electron chi connectivity index (χ1n) is 4.75. The van der Waals surface area contributed by atoms with Gasteiger partial charge in [0, 0.05) is 6.42 Å². The molecule has 0 atom stereocenters. The number of rotatable bonds is 2. The van der Waals surface area contributed by atoms with Gasteiger partial charge in [-0.2, -0.15) is 5.10 Å². The number of aryl methyl sites for hydroxylation is 1. The Labute approximate surface area is 105 Å². The maximum Gasteiger partial charge on any atom is 0.199 e. The number of aromatic amines is 1. The van der Waals surface area contributed by atoms with Crippen molar-refractivity contribution in [2.45, 2.75) is 13.3 Å². The lowest BCUT2D eigenvalue weighted by Crippen LogP contribution is -2.00. The fourth-order valence-corrected chi connectivity index (χ4v) is 1.96. The molecule has 2 aromatic rings. The Balaban J connectivity index is 2.62. The van der Waals surface area contributed by atoms with Crippen LogP contribution in [0.1, 0.15) is 12.7 Å². The monoisotopic (exact) mass is 301 g/mol. The van der Waals surface area contributed by atoms with Gasteiger partial charge in [0.1, 0.15) is 11.6 Å². The van der Waals surface area contributed by atoms with Gasteiger partial charge in [-0.25, -0.2) is 4.39 Å². The van der Waals surface area contributed by atoms with E-state index in [1.165, 1.54) is 6.07 Å². The largest absolute Gasteiger partial charge is 0.272 e. The van der Waals surface area contributed by atoms with Crippen LogP contribution < -0.4 is 0 Å². The van der Waals surface area contributed by atoms with Crippen molar-refractivity contribution in [3.8, 4) is 5.69 Å². The minimum Gasteiger partial charge on any atom is -0.272 e. The Hall–Kier alpha value is -1.01. The Morgan fingerprint density at radius 2 is 2.31 bits per heavy atom. The molecule has 3 nitrogen and oxygen atoms in total. The Kier molecular flexibility index (Phi) is 3.20. The fraction of sp³-hybridized carbons (Fsp3) is 0.200. The molecule has 0 unspecified atom stereocenters. The summed E-state index contributed by atoms with van der Waals surface area (Å²) in [7, 11) is 0. The third kappa shape index (κ3) is 1.94. The van der Waals surface area contributed by atoms with Crippen LogP contribution in [0.15, 0.2) is 22.7 Å². The molecular weight excluding hydrogens is 293 g/mol. The van der Waals surface area contributed by atoms with Gasteiger partial charge in [-0.1, -0.05) is 6.92 Å². The van der Waals surface area contributed by atoms with Crippen molar-refractivity contribution in [1.82, 2.24) is 14.8 Å². The predicted octanol–water partition coefficient (Wildman–Crippen LogP) is 3.39.